The Labute approximate surface area is 132 Å². The van der Waals surface area contributed by atoms with Gasteiger partial charge in [-0.15, -0.1) is 0 Å². The van der Waals surface area contributed by atoms with Crippen LogP contribution < -0.4 is 5.69 Å². The van der Waals surface area contributed by atoms with Gasteiger partial charge in [-0.3, -0.25) is 4.40 Å². The van der Waals surface area contributed by atoms with Crippen molar-refractivity contribution in [3.63, 3.8) is 0 Å². The van der Waals surface area contributed by atoms with Crippen LogP contribution >= 0.6 is 11.8 Å². The van der Waals surface area contributed by atoms with E-state index >= 15 is 0 Å². The summed E-state index contributed by atoms with van der Waals surface area (Å²) >= 11 is 1.46. The number of hydrogen-bond acceptors (Lipinski definition) is 4. The van der Waals surface area contributed by atoms with Crippen LogP contribution in [0.5, 0.6) is 0 Å². The Morgan fingerprint density at radius 1 is 1.14 bits per heavy atom. The first-order chi connectivity index (χ1) is 10.7. The zero-order valence-electron chi connectivity index (χ0n) is 12.1. The van der Waals surface area contributed by atoms with Crippen molar-refractivity contribution in [3.05, 3.63) is 76.3 Å². The molecule has 0 amide bonds. The highest BCUT2D eigenvalue weighted by Gasteiger charge is 2.05. The Morgan fingerprint density at radius 2 is 1.95 bits per heavy atom. The van der Waals surface area contributed by atoms with E-state index in [1.54, 1.807) is 6.20 Å². The van der Waals surface area contributed by atoms with Crippen LogP contribution in [0.2, 0.25) is 0 Å². The fraction of sp³-hybridized carbons (Fsp3) is 0.118. The molecule has 0 aliphatic rings. The van der Waals surface area contributed by atoms with E-state index in [1.807, 2.05) is 61.5 Å². The lowest BCUT2D eigenvalue weighted by Gasteiger charge is -2.03. The lowest BCUT2D eigenvalue weighted by atomic mass is 10.2. The number of nitrogens with zero attached hydrogens (tertiary/aromatic N) is 3. The molecule has 4 nitrogen and oxygen atoms in total. The maximum atomic E-state index is 12.0. The average molecular weight is 309 g/mol. The van der Waals surface area contributed by atoms with E-state index in [4.69, 9.17) is 0 Å². The Kier molecular flexibility index (Phi) is 4.34. The van der Waals surface area contributed by atoms with Crippen molar-refractivity contribution in [1.82, 2.24) is 14.4 Å². The molecule has 22 heavy (non-hydrogen) atoms. The monoisotopic (exact) mass is 309 g/mol. The van der Waals surface area contributed by atoms with Crippen LogP contribution in [-0.2, 0) is 0 Å². The SMILES string of the molecule is Cc1cccn2c(=O)nc(SCC=Cc3ccccc3)nc12. The van der Waals surface area contributed by atoms with Gasteiger partial charge in [0.15, 0.2) is 5.16 Å². The molecule has 0 spiro atoms. The van der Waals surface area contributed by atoms with Gasteiger partial charge < -0.3 is 0 Å². The van der Waals surface area contributed by atoms with E-state index in [1.165, 1.54) is 16.2 Å². The molecule has 0 bridgehead atoms. The normalized spacial score (nSPS) is 11.3. The van der Waals surface area contributed by atoms with Crippen molar-refractivity contribution in [3.8, 4) is 0 Å². The highest BCUT2D eigenvalue weighted by molar-refractivity contribution is 7.99. The predicted octanol–water partition coefficient (Wildman–Crippen LogP) is 3.20. The number of aromatic nitrogens is 3. The molecule has 0 unspecified atom stereocenters. The Hall–Kier alpha value is -2.40. The number of rotatable bonds is 4. The van der Waals surface area contributed by atoms with Crippen LogP contribution in [0.4, 0.5) is 0 Å². The molecule has 2 aromatic heterocycles. The minimum atomic E-state index is -0.289. The van der Waals surface area contributed by atoms with Crippen molar-refractivity contribution in [2.75, 3.05) is 5.75 Å². The standard InChI is InChI=1S/C17H15N3OS/c1-13-7-5-11-20-15(13)18-16(19-17(20)21)22-12-6-10-14-8-3-2-4-9-14/h2-11H,12H2,1H3. The van der Waals surface area contributed by atoms with Gasteiger partial charge in [-0.1, -0.05) is 60.3 Å². The minimum Gasteiger partial charge on any atom is -0.251 e. The van der Waals surface area contributed by atoms with E-state index in [9.17, 15) is 4.79 Å². The van der Waals surface area contributed by atoms with Crippen LogP contribution in [-0.4, -0.2) is 20.1 Å². The molecule has 3 aromatic rings. The van der Waals surface area contributed by atoms with Gasteiger partial charge in [-0.05, 0) is 24.1 Å². The summed E-state index contributed by atoms with van der Waals surface area (Å²) in [6.07, 6.45) is 5.78. The minimum absolute atomic E-state index is 0.289. The number of aryl methyl sites for hydroxylation is 1. The molecule has 2 heterocycles. The summed E-state index contributed by atoms with van der Waals surface area (Å²) in [5.41, 5.74) is 2.49. The second kappa shape index (κ2) is 6.58. The van der Waals surface area contributed by atoms with E-state index < -0.39 is 0 Å². The van der Waals surface area contributed by atoms with Gasteiger partial charge in [0.1, 0.15) is 5.65 Å². The molecular weight excluding hydrogens is 294 g/mol. The molecule has 0 saturated heterocycles. The molecule has 0 aliphatic carbocycles. The van der Waals surface area contributed by atoms with E-state index in [0.29, 0.717) is 10.8 Å². The molecule has 5 heteroatoms. The summed E-state index contributed by atoms with van der Waals surface area (Å²) in [6.45, 7) is 1.94. The second-order valence-electron chi connectivity index (χ2n) is 4.80. The fourth-order valence-corrected chi connectivity index (χ4v) is 2.73. The van der Waals surface area contributed by atoms with Gasteiger partial charge >= 0.3 is 5.69 Å². The van der Waals surface area contributed by atoms with Crippen LogP contribution in [0.15, 0.2) is 64.7 Å². The number of hydrogen-bond donors (Lipinski definition) is 0. The van der Waals surface area contributed by atoms with Crippen LogP contribution in [0.1, 0.15) is 11.1 Å². The summed E-state index contributed by atoms with van der Waals surface area (Å²) in [5, 5.41) is 0.511. The van der Waals surface area contributed by atoms with Crippen molar-refractivity contribution in [1.29, 1.82) is 0 Å². The molecule has 3 rings (SSSR count). The zero-order valence-corrected chi connectivity index (χ0v) is 13.0. The van der Waals surface area contributed by atoms with Crippen molar-refractivity contribution >= 4 is 23.5 Å². The largest absolute Gasteiger partial charge is 0.355 e. The Balaban J connectivity index is 1.76. The summed E-state index contributed by atoms with van der Waals surface area (Å²) in [6, 6.07) is 13.8. The molecule has 0 atom stereocenters. The second-order valence-corrected chi connectivity index (χ2v) is 5.78. The lowest BCUT2D eigenvalue weighted by Crippen LogP contribution is -2.19. The van der Waals surface area contributed by atoms with Gasteiger partial charge in [0, 0.05) is 11.9 Å². The maximum Gasteiger partial charge on any atom is 0.355 e. The summed E-state index contributed by atoms with van der Waals surface area (Å²) in [7, 11) is 0. The first-order valence-electron chi connectivity index (χ1n) is 6.94. The molecule has 0 saturated carbocycles. The third-order valence-corrected chi connectivity index (χ3v) is 3.98. The molecule has 0 radical (unpaired) electrons. The molecule has 1 aromatic carbocycles. The predicted molar refractivity (Wildman–Crippen MR) is 90.2 cm³/mol. The number of thioether (sulfide) groups is 1. The maximum absolute atomic E-state index is 12.0. The average Bonchev–Trinajstić information content (AvgIpc) is 2.54. The Bertz CT molecular complexity index is 872. The molecule has 0 fully saturated rings. The third kappa shape index (κ3) is 3.26. The first-order valence-corrected chi connectivity index (χ1v) is 7.93. The number of benzene rings is 1. The van der Waals surface area contributed by atoms with Crippen molar-refractivity contribution in [2.24, 2.45) is 0 Å². The molecule has 0 N–H and O–H groups in total. The van der Waals surface area contributed by atoms with E-state index in [0.717, 1.165) is 16.9 Å². The van der Waals surface area contributed by atoms with Crippen LogP contribution in [0.3, 0.4) is 0 Å². The fourth-order valence-electron chi connectivity index (χ4n) is 2.09. The summed E-state index contributed by atoms with van der Waals surface area (Å²) < 4.78 is 1.47. The van der Waals surface area contributed by atoms with Gasteiger partial charge in [-0.25, -0.2) is 9.78 Å². The van der Waals surface area contributed by atoms with Crippen molar-refractivity contribution in [2.45, 2.75) is 12.1 Å². The van der Waals surface area contributed by atoms with Gasteiger partial charge in [0.2, 0.25) is 0 Å². The van der Waals surface area contributed by atoms with Crippen molar-refractivity contribution < 1.29 is 0 Å². The van der Waals surface area contributed by atoms with Gasteiger partial charge in [0.25, 0.3) is 0 Å². The van der Waals surface area contributed by atoms with Crippen LogP contribution in [0, 0.1) is 6.92 Å². The first kappa shape index (κ1) is 14.5. The van der Waals surface area contributed by atoms with Gasteiger partial charge in [0.05, 0.1) is 0 Å². The van der Waals surface area contributed by atoms with Gasteiger partial charge in [-0.2, -0.15) is 4.98 Å². The molecule has 110 valence electrons. The highest BCUT2D eigenvalue weighted by Crippen LogP contribution is 2.14. The lowest BCUT2D eigenvalue weighted by molar-refractivity contribution is 0.843. The van der Waals surface area contributed by atoms with E-state index in [2.05, 4.69) is 9.97 Å². The Morgan fingerprint density at radius 3 is 2.77 bits per heavy atom. The molecule has 0 aliphatic heterocycles. The smallest absolute Gasteiger partial charge is 0.251 e. The summed E-state index contributed by atoms with van der Waals surface area (Å²) in [5.74, 6) is 0.719. The van der Waals surface area contributed by atoms with Crippen LogP contribution in [0.25, 0.3) is 11.7 Å². The number of pyridine rings is 1. The zero-order chi connectivity index (χ0) is 15.4. The third-order valence-electron chi connectivity index (χ3n) is 3.18. The highest BCUT2D eigenvalue weighted by atomic mass is 32.2. The molecular formula is C17H15N3OS. The number of fused-ring (bicyclic) bond motifs is 1. The van der Waals surface area contributed by atoms with E-state index in [-0.39, 0.29) is 5.69 Å². The topological polar surface area (TPSA) is 47.3 Å². The summed E-state index contributed by atoms with van der Waals surface area (Å²) in [4.78, 5) is 20.5. The quantitative estimate of drug-likeness (QED) is 0.694.